The van der Waals surface area contributed by atoms with Gasteiger partial charge in [-0.25, -0.2) is 4.68 Å². The fraction of sp³-hybridized carbons (Fsp3) is 0.136. The third-order valence-electron chi connectivity index (χ3n) is 4.51. The molecule has 2 aromatic heterocycles. The molecule has 0 aliphatic carbocycles. The van der Waals surface area contributed by atoms with Gasteiger partial charge in [0.2, 0.25) is 0 Å². The van der Waals surface area contributed by atoms with Gasteiger partial charge in [-0.1, -0.05) is 42.3 Å². The summed E-state index contributed by atoms with van der Waals surface area (Å²) in [5.74, 6) is 0. The van der Waals surface area contributed by atoms with Gasteiger partial charge in [0.15, 0.2) is 0 Å². The zero-order valence-electron chi connectivity index (χ0n) is 15.7. The number of aromatic nitrogens is 2. The maximum atomic E-state index is 9.61. The van der Waals surface area contributed by atoms with Gasteiger partial charge in [0.1, 0.15) is 0 Å². The van der Waals surface area contributed by atoms with Gasteiger partial charge < -0.3 is 9.83 Å². The molecule has 0 aliphatic rings. The summed E-state index contributed by atoms with van der Waals surface area (Å²) in [5, 5.41) is 14.2. The molecule has 4 nitrogen and oxygen atoms in total. The van der Waals surface area contributed by atoms with Gasteiger partial charge in [0.25, 0.3) is 0 Å². The molecule has 142 valence electrons. The number of aliphatic hydroxyl groups excluding tert-OH is 1. The minimum atomic E-state index is -0.0754. The first-order chi connectivity index (χ1) is 13.7. The van der Waals surface area contributed by atoms with E-state index >= 15 is 0 Å². The minimum absolute atomic E-state index is 0.0754. The predicted octanol–water partition coefficient (Wildman–Crippen LogP) is 5.76. The lowest BCUT2D eigenvalue weighted by Gasteiger charge is -2.09. The molecule has 0 aliphatic heterocycles. The van der Waals surface area contributed by atoms with Gasteiger partial charge in [-0.2, -0.15) is 5.10 Å². The standard InChI is InChI=1S/C22H21N3OS2/c1-15-5-3-4-6-19(15)25-20(13-18(14-26)23-25)22-12-11-21(28-22)16-7-9-17(10-8-16)24-27-2/h3-13,24,26H,14H2,1-2H3. The summed E-state index contributed by atoms with van der Waals surface area (Å²) in [6, 6.07) is 22.8. The van der Waals surface area contributed by atoms with Gasteiger partial charge in [-0.3, -0.25) is 0 Å². The van der Waals surface area contributed by atoms with E-state index in [1.807, 2.05) is 29.1 Å². The molecule has 4 rings (SSSR count). The van der Waals surface area contributed by atoms with Crippen LogP contribution < -0.4 is 4.72 Å². The molecule has 2 heterocycles. The lowest BCUT2D eigenvalue weighted by molar-refractivity contribution is 0.276. The van der Waals surface area contributed by atoms with Crippen molar-refractivity contribution in [1.29, 1.82) is 0 Å². The first-order valence-electron chi connectivity index (χ1n) is 8.95. The average Bonchev–Trinajstić information content (AvgIpc) is 3.36. The van der Waals surface area contributed by atoms with E-state index in [1.165, 1.54) is 10.4 Å². The molecule has 28 heavy (non-hydrogen) atoms. The lowest BCUT2D eigenvalue weighted by Crippen LogP contribution is -2.01. The highest BCUT2D eigenvalue weighted by Crippen LogP contribution is 2.36. The predicted molar refractivity (Wildman–Crippen MR) is 120 cm³/mol. The Labute approximate surface area is 173 Å². The molecular weight excluding hydrogens is 386 g/mol. The molecule has 0 atom stereocenters. The molecule has 0 bridgehead atoms. The van der Waals surface area contributed by atoms with Crippen LogP contribution in [0.3, 0.4) is 0 Å². The highest BCUT2D eigenvalue weighted by atomic mass is 32.2. The number of nitrogens with one attached hydrogen (secondary N) is 1. The topological polar surface area (TPSA) is 50.1 Å². The fourth-order valence-electron chi connectivity index (χ4n) is 3.12. The van der Waals surface area contributed by atoms with Crippen LogP contribution in [0.1, 0.15) is 11.3 Å². The zero-order valence-corrected chi connectivity index (χ0v) is 17.3. The second kappa shape index (κ2) is 8.22. The van der Waals surface area contributed by atoms with E-state index in [0.717, 1.165) is 27.5 Å². The van der Waals surface area contributed by atoms with Crippen molar-refractivity contribution in [3.63, 3.8) is 0 Å². The summed E-state index contributed by atoms with van der Waals surface area (Å²) in [6.07, 6.45) is 2.01. The molecular formula is C22H21N3OS2. The second-order valence-electron chi connectivity index (χ2n) is 6.42. The number of para-hydroxylation sites is 1. The number of nitrogens with zero attached hydrogens (tertiary/aromatic N) is 2. The molecule has 2 N–H and O–H groups in total. The van der Waals surface area contributed by atoms with Crippen LogP contribution in [0.15, 0.2) is 66.7 Å². The van der Waals surface area contributed by atoms with E-state index in [0.29, 0.717) is 5.69 Å². The van der Waals surface area contributed by atoms with Crippen molar-refractivity contribution in [2.45, 2.75) is 13.5 Å². The summed E-state index contributed by atoms with van der Waals surface area (Å²) in [6.45, 7) is 2.00. The number of rotatable bonds is 6. The van der Waals surface area contributed by atoms with Crippen LogP contribution in [0.2, 0.25) is 0 Å². The average molecular weight is 408 g/mol. The van der Waals surface area contributed by atoms with Gasteiger partial charge in [0.05, 0.1) is 28.6 Å². The van der Waals surface area contributed by atoms with Gasteiger partial charge >= 0.3 is 0 Å². The summed E-state index contributed by atoms with van der Waals surface area (Å²) >= 11 is 3.31. The molecule has 0 radical (unpaired) electrons. The lowest BCUT2D eigenvalue weighted by atomic mass is 10.2. The number of benzene rings is 2. The molecule has 0 unspecified atom stereocenters. The third-order valence-corrected chi connectivity index (χ3v) is 6.11. The van der Waals surface area contributed by atoms with Crippen LogP contribution >= 0.6 is 23.3 Å². The van der Waals surface area contributed by atoms with Gasteiger partial charge in [0, 0.05) is 16.8 Å². The number of aryl methyl sites for hydroxylation is 1. The number of hydrogen-bond acceptors (Lipinski definition) is 5. The maximum absolute atomic E-state index is 9.61. The summed E-state index contributed by atoms with van der Waals surface area (Å²) in [5.41, 5.74) is 6.12. The molecule has 0 saturated carbocycles. The Hall–Kier alpha value is -2.54. The van der Waals surface area contributed by atoms with E-state index in [4.69, 9.17) is 0 Å². The van der Waals surface area contributed by atoms with E-state index < -0.39 is 0 Å². The van der Waals surface area contributed by atoms with Crippen molar-refractivity contribution in [2.24, 2.45) is 0 Å². The maximum Gasteiger partial charge on any atom is 0.0890 e. The monoisotopic (exact) mass is 407 g/mol. The first kappa shape index (κ1) is 18.8. The highest BCUT2D eigenvalue weighted by Gasteiger charge is 2.15. The smallest absolute Gasteiger partial charge is 0.0890 e. The molecule has 6 heteroatoms. The largest absolute Gasteiger partial charge is 0.390 e. The van der Waals surface area contributed by atoms with Crippen LogP contribution in [0.4, 0.5) is 5.69 Å². The van der Waals surface area contributed by atoms with E-state index in [2.05, 4.69) is 65.3 Å². The highest BCUT2D eigenvalue weighted by molar-refractivity contribution is 7.99. The van der Waals surface area contributed by atoms with Crippen molar-refractivity contribution in [2.75, 3.05) is 11.0 Å². The second-order valence-corrected chi connectivity index (χ2v) is 8.12. The summed E-state index contributed by atoms with van der Waals surface area (Å²) < 4.78 is 5.17. The number of aliphatic hydroxyl groups is 1. The Morgan fingerprint density at radius 1 is 1.04 bits per heavy atom. The van der Waals surface area contributed by atoms with Crippen LogP contribution in [-0.2, 0) is 6.61 Å². The first-order valence-corrected chi connectivity index (χ1v) is 11.0. The number of hydrogen-bond donors (Lipinski definition) is 2. The zero-order chi connectivity index (χ0) is 19.5. The third kappa shape index (κ3) is 3.71. The summed E-state index contributed by atoms with van der Waals surface area (Å²) in [7, 11) is 0. The Morgan fingerprint density at radius 2 is 1.79 bits per heavy atom. The van der Waals surface area contributed by atoms with Crippen molar-refractivity contribution < 1.29 is 5.11 Å². The minimum Gasteiger partial charge on any atom is -0.390 e. The van der Waals surface area contributed by atoms with Crippen LogP contribution in [0.25, 0.3) is 26.7 Å². The van der Waals surface area contributed by atoms with Crippen molar-refractivity contribution in [3.05, 3.63) is 78.0 Å². The van der Waals surface area contributed by atoms with Crippen molar-refractivity contribution >= 4 is 29.0 Å². The van der Waals surface area contributed by atoms with E-state index in [-0.39, 0.29) is 6.61 Å². The van der Waals surface area contributed by atoms with Crippen molar-refractivity contribution in [3.8, 4) is 26.7 Å². The van der Waals surface area contributed by atoms with Crippen molar-refractivity contribution in [1.82, 2.24) is 9.78 Å². The Kier molecular flexibility index (Phi) is 5.52. The molecule has 0 spiro atoms. The number of thiophene rings is 1. The van der Waals surface area contributed by atoms with Gasteiger partial charge in [-0.05, 0) is 54.4 Å². The fourth-order valence-corrected chi connectivity index (χ4v) is 4.50. The molecule has 2 aromatic carbocycles. The molecule has 0 fully saturated rings. The van der Waals surface area contributed by atoms with E-state index in [1.54, 1.807) is 23.3 Å². The van der Waals surface area contributed by atoms with Crippen LogP contribution in [-0.4, -0.2) is 21.1 Å². The Balaban J connectivity index is 1.73. The SMILES string of the molecule is CSNc1ccc(-c2ccc(-c3cc(CO)nn3-c3ccccc3C)s2)cc1. The summed E-state index contributed by atoms with van der Waals surface area (Å²) in [4.78, 5) is 2.32. The normalized spacial score (nSPS) is 11.0. The van der Waals surface area contributed by atoms with E-state index in [9.17, 15) is 5.11 Å². The number of anilines is 1. The Morgan fingerprint density at radius 3 is 2.50 bits per heavy atom. The molecule has 4 aromatic rings. The molecule has 0 amide bonds. The molecule has 0 saturated heterocycles. The van der Waals surface area contributed by atoms with Crippen LogP contribution in [0, 0.1) is 6.92 Å². The van der Waals surface area contributed by atoms with Gasteiger partial charge in [-0.15, -0.1) is 11.3 Å². The van der Waals surface area contributed by atoms with Crippen LogP contribution in [0.5, 0.6) is 0 Å². The quantitative estimate of drug-likeness (QED) is 0.399. The Bertz CT molecular complexity index is 1080.